The van der Waals surface area contributed by atoms with E-state index in [4.69, 9.17) is 11.6 Å². The first kappa shape index (κ1) is 12.8. The van der Waals surface area contributed by atoms with E-state index in [1.54, 1.807) is 0 Å². The number of hydrogen-bond donors (Lipinski definition) is 0. The Morgan fingerprint density at radius 3 is 2.19 bits per heavy atom. The molecule has 0 saturated heterocycles. The van der Waals surface area contributed by atoms with Crippen molar-refractivity contribution in [1.29, 1.82) is 0 Å². The number of carbonyl (C=O) groups is 1. The smallest absolute Gasteiger partial charge is 0.328 e. The summed E-state index contributed by atoms with van der Waals surface area (Å²) in [6, 6.07) is 4.59. The molecule has 88 valence electrons. The van der Waals surface area contributed by atoms with Gasteiger partial charge in [0.2, 0.25) is 0 Å². The van der Waals surface area contributed by atoms with E-state index in [0.717, 1.165) is 12.1 Å². The van der Waals surface area contributed by atoms with E-state index in [1.165, 1.54) is 24.1 Å². The second kappa shape index (κ2) is 4.74. The number of carbonyl (C=O) groups excluding carboxylic acids is 1. The van der Waals surface area contributed by atoms with E-state index in [1.807, 2.05) is 0 Å². The maximum Gasteiger partial charge on any atom is 0.416 e. The van der Waals surface area contributed by atoms with Crippen molar-refractivity contribution in [3.8, 4) is 0 Å². The minimum atomic E-state index is -4.34. The Morgan fingerprint density at radius 2 is 1.81 bits per heavy atom. The average Bonchev–Trinajstić information content (AvgIpc) is 2.17. The highest BCUT2D eigenvalue weighted by atomic mass is 35.5. The maximum atomic E-state index is 12.2. The Morgan fingerprint density at radius 1 is 1.31 bits per heavy atom. The summed E-state index contributed by atoms with van der Waals surface area (Å²) in [7, 11) is 1.47. The van der Waals surface area contributed by atoms with E-state index >= 15 is 0 Å². The topological polar surface area (TPSA) is 20.3 Å². The lowest BCUT2D eigenvalue weighted by atomic mass is 10.1. The van der Waals surface area contributed by atoms with Crippen molar-refractivity contribution in [2.24, 2.45) is 0 Å². The highest BCUT2D eigenvalue weighted by molar-refractivity contribution is 6.62. The Bertz CT molecular complexity index is 375. The molecule has 2 nitrogen and oxygen atoms in total. The molecule has 0 unspecified atom stereocenters. The summed E-state index contributed by atoms with van der Waals surface area (Å²) in [6.07, 6.45) is -4.34. The van der Waals surface area contributed by atoms with Crippen LogP contribution in [0.5, 0.6) is 0 Å². The Kier molecular flexibility index (Phi) is 3.80. The van der Waals surface area contributed by atoms with Gasteiger partial charge in [-0.1, -0.05) is 12.1 Å². The molecule has 0 aliphatic carbocycles. The highest BCUT2D eigenvalue weighted by Crippen LogP contribution is 2.29. The van der Waals surface area contributed by atoms with Crippen LogP contribution in [0.1, 0.15) is 11.1 Å². The molecule has 0 aliphatic rings. The van der Waals surface area contributed by atoms with E-state index in [2.05, 4.69) is 0 Å². The highest BCUT2D eigenvalue weighted by Gasteiger charge is 2.29. The van der Waals surface area contributed by atoms with Gasteiger partial charge in [-0.2, -0.15) is 13.2 Å². The monoisotopic (exact) mass is 251 g/mol. The van der Waals surface area contributed by atoms with Crippen LogP contribution in [0.25, 0.3) is 0 Å². The van der Waals surface area contributed by atoms with Gasteiger partial charge in [0, 0.05) is 13.6 Å². The van der Waals surface area contributed by atoms with Crippen LogP contribution in [-0.4, -0.2) is 17.3 Å². The fourth-order valence-corrected chi connectivity index (χ4v) is 1.19. The molecule has 1 rings (SSSR count). The molecule has 0 fully saturated rings. The zero-order valence-electron chi connectivity index (χ0n) is 8.38. The Balaban J connectivity index is 2.76. The number of benzene rings is 1. The Labute approximate surface area is 95.6 Å². The minimum Gasteiger partial charge on any atom is -0.328 e. The van der Waals surface area contributed by atoms with E-state index in [0.29, 0.717) is 5.56 Å². The molecule has 0 heterocycles. The van der Waals surface area contributed by atoms with Gasteiger partial charge in [0.05, 0.1) is 5.56 Å². The van der Waals surface area contributed by atoms with E-state index in [9.17, 15) is 18.0 Å². The predicted octanol–water partition coefficient (Wildman–Crippen LogP) is 3.50. The van der Waals surface area contributed by atoms with Crippen LogP contribution in [-0.2, 0) is 12.7 Å². The second-order valence-corrected chi connectivity index (χ2v) is 3.63. The summed E-state index contributed by atoms with van der Waals surface area (Å²) in [6.45, 7) is 0.181. The normalized spacial score (nSPS) is 11.3. The van der Waals surface area contributed by atoms with Gasteiger partial charge in [-0.15, -0.1) is 0 Å². The average molecular weight is 252 g/mol. The van der Waals surface area contributed by atoms with E-state index in [-0.39, 0.29) is 6.54 Å². The summed E-state index contributed by atoms with van der Waals surface area (Å²) in [5, 5.41) is -0.653. The molecule has 0 saturated carbocycles. The summed E-state index contributed by atoms with van der Waals surface area (Å²) in [5.74, 6) is 0. The number of nitrogens with zero attached hydrogens (tertiary/aromatic N) is 1. The van der Waals surface area contributed by atoms with Crippen molar-refractivity contribution < 1.29 is 18.0 Å². The van der Waals surface area contributed by atoms with Crippen molar-refractivity contribution in [2.75, 3.05) is 7.05 Å². The molecular weight excluding hydrogens is 243 g/mol. The molecule has 0 aromatic heterocycles. The van der Waals surface area contributed by atoms with Crippen molar-refractivity contribution >= 4 is 17.0 Å². The van der Waals surface area contributed by atoms with Crippen molar-refractivity contribution in [2.45, 2.75) is 12.7 Å². The first-order valence-electron chi connectivity index (χ1n) is 4.37. The minimum absolute atomic E-state index is 0.181. The first-order valence-corrected chi connectivity index (χ1v) is 4.75. The van der Waals surface area contributed by atoms with Gasteiger partial charge >= 0.3 is 11.5 Å². The zero-order chi connectivity index (χ0) is 12.3. The summed E-state index contributed by atoms with van der Waals surface area (Å²) in [5.41, 5.74) is -0.124. The van der Waals surface area contributed by atoms with Crippen LogP contribution >= 0.6 is 11.6 Å². The number of hydrogen-bond acceptors (Lipinski definition) is 1. The third-order valence-corrected chi connectivity index (χ3v) is 2.29. The zero-order valence-corrected chi connectivity index (χ0v) is 9.14. The Hall–Kier alpha value is -1.23. The molecule has 0 spiro atoms. The molecular formula is C10H9ClF3NO. The lowest BCUT2D eigenvalue weighted by Gasteiger charge is -2.13. The molecule has 1 aromatic carbocycles. The molecule has 0 N–H and O–H groups in total. The van der Waals surface area contributed by atoms with Crippen molar-refractivity contribution in [1.82, 2.24) is 4.90 Å². The van der Waals surface area contributed by atoms with Crippen LogP contribution < -0.4 is 0 Å². The second-order valence-electron chi connectivity index (χ2n) is 3.30. The molecule has 1 amide bonds. The molecule has 6 heteroatoms. The van der Waals surface area contributed by atoms with Crippen LogP contribution in [0, 0.1) is 0 Å². The third-order valence-electron chi connectivity index (χ3n) is 2.00. The van der Waals surface area contributed by atoms with Gasteiger partial charge < -0.3 is 4.90 Å². The van der Waals surface area contributed by atoms with Gasteiger partial charge in [0.1, 0.15) is 0 Å². The standard InChI is InChI=1S/C10H9ClF3NO/c1-15(9(11)16)6-7-2-4-8(5-3-7)10(12,13)14/h2-5H,6H2,1H3. The molecule has 0 radical (unpaired) electrons. The summed E-state index contributed by atoms with van der Waals surface area (Å²) in [4.78, 5) is 11.9. The molecule has 1 aromatic rings. The van der Waals surface area contributed by atoms with E-state index < -0.39 is 17.1 Å². The van der Waals surface area contributed by atoms with Gasteiger partial charge in [0.25, 0.3) is 0 Å². The summed E-state index contributed by atoms with van der Waals surface area (Å²) >= 11 is 5.19. The van der Waals surface area contributed by atoms with Gasteiger partial charge in [0.15, 0.2) is 0 Å². The lowest BCUT2D eigenvalue weighted by molar-refractivity contribution is -0.137. The third kappa shape index (κ3) is 3.41. The number of alkyl halides is 3. The van der Waals surface area contributed by atoms with Crippen LogP contribution in [0.3, 0.4) is 0 Å². The fraction of sp³-hybridized carbons (Fsp3) is 0.300. The number of halogens is 4. The maximum absolute atomic E-state index is 12.2. The molecule has 0 aliphatic heterocycles. The quantitative estimate of drug-likeness (QED) is 0.582. The van der Waals surface area contributed by atoms with Crippen LogP contribution in [0.4, 0.5) is 18.0 Å². The lowest BCUT2D eigenvalue weighted by Crippen LogP contribution is -2.20. The SMILES string of the molecule is CN(Cc1ccc(C(F)(F)F)cc1)C(=O)Cl. The van der Waals surface area contributed by atoms with Crippen LogP contribution in [0.2, 0.25) is 0 Å². The predicted molar refractivity (Wildman–Crippen MR) is 54.2 cm³/mol. The molecule has 0 bridgehead atoms. The number of amides is 1. The first-order chi connectivity index (χ1) is 7.30. The fourth-order valence-electron chi connectivity index (χ4n) is 1.14. The number of rotatable bonds is 2. The van der Waals surface area contributed by atoms with Gasteiger partial charge in [-0.25, -0.2) is 0 Å². The van der Waals surface area contributed by atoms with Gasteiger partial charge in [-0.3, -0.25) is 4.79 Å². The van der Waals surface area contributed by atoms with Crippen molar-refractivity contribution in [3.05, 3.63) is 35.4 Å². The molecule has 16 heavy (non-hydrogen) atoms. The summed E-state index contributed by atoms with van der Waals surface area (Å²) < 4.78 is 36.7. The van der Waals surface area contributed by atoms with Crippen molar-refractivity contribution in [3.63, 3.8) is 0 Å². The largest absolute Gasteiger partial charge is 0.416 e. The van der Waals surface area contributed by atoms with Crippen LogP contribution in [0.15, 0.2) is 24.3 Å². The van der Waals surface area contributed by atoms with Gasteiger partial charge in [-0.05, 0) is 29.3 Å². The molecule has 0 atom stereocenters.